The number of aromatic nitrogens is 1. The fraction of sp³-hybridized carbons (Fsp3) is 0.462. The van der Waals surface area contributed by atoms with Crippen LogP contribution in [0.25, 0.3) is 6.08 Å². The van der Waals surface area contributed by atoms with Crippen molar-refractivity contribution in [2.45, 2.75) is 65.8 Å². The molecule has 1 aromatic heterocycles. The van der Waals surface area contributed by atoms with Crippen LogP contribution in [0.5, 0.6) is 0 Å². The SMILES string of the molecule is Cc1cccc(C)c1NC(=O)CN(C)C(=O)C=Cc1cc(C)n(C2CCCCC2)c1C. The lowest BCUT2D eigenvalue weighted by atomic mass is 9.95. The topological polar surface area (TPSA) is 54.3 Å². The van der Waals surface area contributed by atoms with Gasteiger partial charge in [0.15, 0.2) is 0 Å². The molecular weight excluding hydrogens is 386 g/mol. The molecule has 0 radical (unpaired) electrons. The fourth-order valence-electron chi connectivity index (χ4n) is 4.64. The van der Waals surface area contributed by atoms with Crippen LogP contribution in [0.15, 0.2) is 30.3 Å². The van der Waals surface area contributed by atoms with Gasteiger partial charge in [-0.15, -0.1) is 0 Å². The van der Waals surface area contributed by atoms with Crippen molar-refractivity contribution < 1.29 is 9.59 Å². The third kappa shape index (κ3) is 5.46. The van der Waals surface area contributed by atoms with Crippen molar-refractivity contribution in [2.75, 3.05) is 18.9 Å². The van der Waals surface area contributed by atoms with Gasteiger partial charge in [0.05, 0.1) is 6.54 Å². The van der Waals surface area contributed by atoms with E-state index < -0.39 is 0 Å². The highest BCUT2D eigenvalue weighted by atomic mass is 16.2. The Labute approximate surface area is 186 Å². The average molecular weight is 422 g/mol. The van der Waals surface area contributed by atoms with Crippen LogP contribution in [0.3, 0.4) is 0 Å². The first-order valence-corrected chi connectivity index (χ1v) is 11.3. The lowest BCUT2D eigenvalue weighted by Gasteiger charge is -2.26. The normalized spacial score (nSPS) is 14.7. The van der Waals surface area contributed by atoms with Crippen LogP contribution in [0.2, 0.25) is 0 Å². The van der Waals surface area contributed by atoms with E-state index in [0.717, 1.165) is 22.4 Å². The maximum Gasteiger partial charge on any atom is 0.246 e. The van der Waals surface area contributed by atoms with Gasteiger partial charge in [0.25, 0.3) is 0 Å². The maximum atomic E-state index is 12.6. The number of hydrogen-bond donors (Lipinski definition) is 1. The van der Waals surface area contributed by atoms with E-state index in [1.807, 2.05) is 38.1 Å². The first-order chi connectivity index (χ1) is 14.8. The Morgan fingerprint density at radius 2 is 1.74 bits per heavy atom. The summed E-state index contributed by atoms with van der Waals surface area (Å²) in [7, 11) is 1.66. The predicted octanol–water partition coefficient (Wildman–Crippen LogP) is 5.34. The summed E-state index contributed by atoms with van der Waals surface area (Å²) in [5.41, 5.74) is 6.37. The highest BCUT2D eigenvalue weighted by Crippen LogP contribution is 2.32. The molecule has 0 bridgehead atoms. The first-order valence-electron chi connectivity index (χ1n) is 11.3. The number of para-hydroxylation sites is 1. The second-order valence-corrected chi connectivity index (χ2v) is 8.83. The second-order valence-electron chi connectivity index (χ2n) is 8.83. The second kappa shape index (κ2) is 9.99. The van der Waals surface area contributed by atoms with Crippen LogP contribution in [0, 0.1) is 27.7 Å². The summed E-state index contributed by atoms with van der Waals surface area (Å²) in [6, 6.07) is 8.62. The van der Waals surface area contributed by atoms with Crippen LogP contribution in [-0.2, 0) is 9.59 Å². The number of nitrogens with zero attached hydrogens (tertiary/aromatic N) is 2. The largest absolute Gasteiger partial charge is 0.346 e. The van der Waals surface area contributed by atoms with Gasteiger partial charge in [-0.2, -0.15) is 0 Å². The van der Waals surface area contributed by atoms with Gasteiger partial charge in [-0.05, 0) is 69.4 Å². The van der Waals surface area contributed by atoms with Crippen LogP contribution in [-0.4, -0.2) is 34.9 Å². The molecule has 5 heteroatoms. The van der Waals surface area contributed by atoms with Crippen molar-refractivity contribution in [3.63, 3.8) is 0 Å². The molecule has 0 saturated heterocycles. The van der Waals surface area contributed by atoms with Gasteiger partial charge in [0, 0.05) is 36.2 Å². The summed E-state index contributed by atoms with van der Waals surface area (Å²) >= 11 is 0. The molecule has 2 amide bonds. The fourth-order valence-corrected chi connectivity index (χ4v) is 4.64. The highest BCUT2D eigenvalue weighted by molar-refractivity contribution is 5.98. The Kier molecular flexibility index (Phi) is 7.37. The number of hydrogen-bond acceptors (Lipinski definition) is 2. The Morgan fingerprint density at radius 1 is 1.10 bits per heavy atom. The third-order valence-corrected chi connectivity index (χ3v) is 6.37. The molecule has 0 aliphatic heterocycles. The number of nitrogens with one attached hydrogen (secondary N) is 1. The summed E-state index contributed by atoms with van der Waals surface area (Å²) in [4.78, 5) is 26.5. The van der Waals surface area contributed by atoms with Crippen LogP contribution < -0.4 is 5.32 Å². The average Bonchev–Trinajstić information content (AvgIpc) is 3.02. The predicted molar refractivity (Wildman–Crippen MR) is 127 cm³/mol. The Balaban J connectivity index is 1.62. The molecular formula is C26H35N3O2. The van der Waals surface area contributed by atoms with Gasteiger partial charge in [0.2, 0.25) is 11.8 Å². The molecule has 1 N–H and O–H groups in total. The maximum absolute atomic E-state index is 12.6. The van der Waals surface area contributed by atoms with Crippen molar-refractivity contribution in [2.24, 2.45) is 0 Å². The smallest absolute Gasteiger partial charge is 0.246 e. The molecule has 0 spiro atoms. The zero-order valence-corrected chi connectivity index (χ0v) is 19.5. The van der Waals surface area contributed by atoms with Gasteiger partial charge in [-0.25, -0.2) is 0 Å². The van der Waals surface area contributed by atoms with Gasteiger partial charge in [-0.1, -0.05) is 37.5 Å². The number of benzene rings is 1. The lowest BCUT2D eigenvalue weighted by Crippen LogP contribution is -2.34. The molecule has 166 valence electrons. The Morgan fingerprint density at radius 3 is 2.39 bits per heavy atom. The van der Waals surface area contributed by atoms with Crippen LogP contribution >= 0.6 is 0 Å². The van der Waals surface area contributed by atoms with Crippen LogP contribution in [0.1, 0.15) is 66.2 Å². The van der Waals surface area contributed by atoms with Crippen molar-refractivity contribution in [3.05, 3.63) is 58.4 Å². The molecule has 1 aromatic carbocycles. The molecule has 5 nitrogen and oxygen atoms in total. The van der Waals surface area contributed by atoms with Gasteiger partial charge in [-0.3, -0.25) is 9.59 Å². The molecule has 0 unspecified atom stereocenters. The molecule has 1 fully saturated rings. The van der Waals surface area contributed by atoms with Crippen molar-refractivity contribution >= 4 is 23.6 Å². The van der Waals surface area contributed by atoms with E-state index in [1.54, 1.807) is 13.1 Å². The van der Waals surface area contributed by atoms with E-state index in [-0.39, 0.29) is 18.4 Å². The Hall–Kier alpha value is -2.82. The van der Waals surface area contributed by atoms with E-state index in [2.05, 4.69) is 29.8 Å². The van der Waals surface area contributed by atoms with Crippen molar-refractivity contribution in [1.82, 2.24) is 9.47 Å². The van der Waals surface area contributed by atoms with Gasteiger partial charge in [0.1, 0.15) is 0 Å². The molecule has 1 aliphatic rings. The molecule has 0 atom stereocenters. The van der Waals surface area contributed by atoms with Crippen molar-refractivity contribution in [3.8, 4) is 0 Å². The summed E-state index contributed by atoms with van der Waals surface area (Å²) in [6.07, 6.45) is 9.83. The highest BCUT2D eigenvalue weighted by Gasteiger charge is 2.19. The van der Waals surface area contributed by atoms with Gasteiger partial charge >= 0.3 is 0 Å². The van der Waals surface area contributed by atoms with E-state index in [9.17, 15) is 9.59 Å². The van der Waals surface area contributed by atoms with E-state index in [4.69, 9.17) is 0 Å². The number of likely N-dealkylation sites (N-methyl/N-ethyl adjacent to an activating group) is 1. The van der Waals surface area contributed by atoms with Crippen molar-refractivity contribution in [1.29, 1.82) is 0 Å². The summed E-state index contributed by atoms with van der Waals surface area (Å²) in [5.74, 6) is -0.378. The van der Waals surface area contributed by atoms with E-state index >= 15 is 0 Å². The summed E-state index contributed by atoms with van der Waals surface area (Å²) in [5, 5.41) is 2.93. The van der Waals surface area contributed by atoms with E-state index in [0.29, 0.717) is 6.04 Å². The first kappa shape index (κ1) is 22.9. The molecule has 1 aliphatic carbocycles. The molecule has 2 aromatic rings. The monoisotopic (exact) mass is 421 g/mol. The number of aryl methyl sites for hydroxylation is 3. The third-order valence-electron chi connectivity index (χ3n) is 6.37. The minimum atomic E-state index is -0.197. The number of carbonyl (C=O) groups excluding carboxylic acids is 2. The molecule has 3 rings (SSSR count). The lowest BCUT2D eigenvalue weighted by molar-refractivity contribution is -0.129. The standard InChI is InChI=1S/C26H35N3O2/c1-18-10-9-11-19(2)26(18)27-24(30)17-28(5)25(31)15-14-22-16-20(3)29(21(22)4)23-12-7-6-8-13-23/h9-11,14-16,23H,6-8,12-13,17H2,1-5H3,(H,27,30). The summed E-state index contributed by atoms with van der Waals surface area (Å²) < 4.78 is 2.44. The number of anilines is 1. The molecule has 1 heterocycles. The van der Waals surface area contributed by atoms with E-state index in [1.165, 1.54) is 48.4 Å². The molecule has 1 saturated carbocycles. The zero-order chi connectivity index (χ0) is 22.5. The van der Waals surface area contributed by atoms with Crippen LogP contribution in [0.4, 0.5) is 5.69 Å². The quantitative estimate of drug-likeness (QED) is 0.640. The summed E-state index contributed by atoms with van der Waals surface area (Å²) in [6.45, 7) is 8.21. The zero-order valence-electron chi connectivity index (χ0n) is 19.5. The minimum absolute atomic E-state index is 0.0119. The number of rotatable bonds is 6. The Bertz CT molecular complexity index is 961. The number of amides is 2. The van der Waals surface area contributed by atoms with Gasteiger partial charge < -0.3 is 14.8 Å². The minimum Gasteiger partial charge on any atom is -0.346 e. The molecule has 31 heavy (non-hydrogen) atoms. The number of carbonyl (C=O) groups is 2.